The first-order chi connectivity index (χ1) is 5.84. The third kappa shape index (κ3) is 2.90. The molecule has 0 aliphatic heterocycles. The molecule has 1 aromatic rings. The molecule has 12 heavy (non-hydrogen) atoms. The third-order valence-electron chi connectivity index (χ3n) is 1.83. The minimum atomic E-state index is -0.458. The summed E-state index contributed by atoms with van der Waals surface area (Å²) < 4.78 is 5.20. The standard InChI is InChI=1S/C8H15NOSi2/c1-7(9-12-10-11)8-5-3-2-4-6-8/h2-7,9H,12H2,1,11H3. The monoisotopic (exact) mass is 197 g/mol. The van der Waals surface area contributed by atoms with E-state index in [0.29, 0.717) is 6.04 Å². The van der Waals surface area contributed by atoms with Gasteiger partial charge in [0.05, 0.1) is 0 Å². The molecule has 1 N–H and O–H groups in total. The molecule has 4 heteroatoms. The van der Waals surface area contributed by atoms with Crippen LogP contribution in [0.4, 0.5) is 0 Å². The lowest BCUT2D eigenvalue weighted by Gasteiger charge is -2.12. The van der Waals surface area contributed by atoms with Crippen LogP contribution in [-0.2, 0) is 4.12 Å². The van der Waals surface area contributed by atoms with Crippen molar-refractivity contribution in [3.63, 3.8) is 0 Å². The summed E-state index contributed by atoms with van der Waals surface area (Å²) in [6.45, 7) is 2.17. The van der Waals surface area contributed by atoms with Gasteiger partial charge >= 0.3 is 0 Å². The lowest BCUT2D eigenvalue weighted by Crippen LogP contribution is -2.24. The molecule has 1 atom stereocenters. The van der Waals surface area contributed by atoms with Gasteiger partial charge in [0.25, 0.3) is 0 Å². The second-order valence-electron chi connectivity index (χ2n) is 2.77. The summed E-state index contributed by atoms with van der Waals surface area (Å²) in [6, 6.07) is 10.9. The van der Waals surface area contributed by atoms with Crippen molar-refractivity contribution in [2.24, 2.45) is 0 Å². The number of benzene rings is 1. The van der Waals surface area contributed by atoms with E-state index in [0.717, 1.165) is 10.5 Å². The third-order valence-corrected chi connectivity index (χ3v) is 3.77. The van der Waals surface area contributed by atoms with Crippen molar-refractivity contribution in [2.75, 3.05) is 0 Å². The molecule has 0 heterocycles. The van der Waals surface area contributed by atoms with Crippen LogP contribution in [0.25, 0.3) is 0 Å². The number of hydrogen-bond acceptors (Lipinski definition) is 2. The largest absolute Gasteiger partial charge is 0.457 e. The Labute approximate surface area is 78.9 Å². The first kappa shape index (κ1) is 9.66. The van der Waals surface area contributed by atoms with Crippen LogP contribution in [0.2, 0.25) is 0 Å². The van der Waals surface area contributed by atoms with Crippen molar-refractivity contribution in [1.29, 1.82) is 0 Å². The Hall–Kier alpha value is -0.426. The van der Waals surface area contributed by atoms with Crippen molar-refractivity contribution in [2.45, 2.75) is 13.0 Å². The van der Waals surface area contributed by atoms with Crippen molar-refractivity contribution in [3.8, 4) is 0 Å². The van der Waals surface area contributed by atoms with Crippen LogP contribution in [0.15, 0.2) is 30.3 Å². The molecule has 1 unspecified atom stereocenters. The maximum absolute atomic E-state index is 5.20. The fourth-order valence-corrected chi connectivity index (χ4v) is 2.22. The van der Waals surface area contributed by atoms with Gasteiger partial charge in [-0.3, -0.25) is 0 Å². The summed E-state index contributed by atoms with van der Waals surface area (Å²) in [5, 5.41) is 0. The maximum Gasteiger partial charge on any atom is 0.224 e. The molecule has 0 amide bonds. The second kappa shape index (κ2) is 5.26. The van der Waals surface area contributed by atoms with Crippen LogP contribution in [-0.4, -0.2) is 20.4 Å². The highest BCUT2D eigenvalue weighted by atomic mass is 28.3. The van der Waals surface area contributed by atoms with Gasteiger partial charge in [-0.05, 0) is 12.5 Å². The minimum Gasteiger partial charge on any atom is -0.457 e. The Morgan fingerprint density at radius 1 is 1.42 bits per heavy atom. The van der Waals surface area contributed by atoms with Gasteiger partial charge in [0.15, 0.2) is 0 Å². The average Bonchev–Trinajstić information content (AvgIpc) is 2.15. The summed E-state index contributed by atoms with van der Waals surface area (Å²) in [6.07, 6.45) is 0. The van der Waals surface area contributed by atoms with Crippen molar-refractivity contribution < 1.29 is 4.12 Å². The molecule has 0 aromatic heterocycles. The van der Waals surface area contributed by atoms with Crippen LogP contribution in [0.3, 0.4) is 0 Å². The molecule has 0 aliphatic rings. The Balaban J connectivity index is 2.48. The van der Waals surface area contributed by atoms with E-state index in [9.17, 15) is 0 Å². The van der Waals surface area contributed by atoms with E-state index in [2.05, 4.69) is 36.2 Å². The van der Waals surface area contributed by atoms with Crippen LogP contribution in [0.1, 0.15) is 18.5 Å². The van der Waals surface area contributed by atoms with E-state index in [1.165, 1.54) is 5.56 Å². The normalized spacial score (nSPS) is 14.1. The van der Waals surface area contributed by atoms with Gasteiger partial charge in [0.2, 0.25) is 9.92 Å². The van der Waals surface area contributed by atoms with Gasteiger partial charge in [-0.2, -0.15) is 0 Å². The fraction of sp³-hybridized carbons (Fsp3) is 0.250. The van der Waals surface area contributed by atoms with Crippen LogP contribution in [0, 0.1) is 0 Å². The predicted molar refractivity (Wildman–Crippen MR) is 57.6 cm³/mol. The molecule has 0 fully saturated rings. The van der Waals surface area contributed by atoms with Gasteiger partial charge in [-0.15, -0.1) is 0 Å². The number of rotatable bonds is 4. The molecule has 0 saturated heterocycles. The first-order valence-corrected chi connectivity index (χ1v) is 6.22. The molecule has 1 aromatic carbocycles. The van der Waals surface area contributed by atoms with E-state index in [1.807, 2.05) is 6.07 Å². The minimum absolute atomic E-state index is 0.437. The van der Waals surface area contributed by atoms with E-state index < -0.39 is 9.92 Å². The zero-order chi connectivity index (χ0) is 8.81. The van der Waals surface area contributed by atoms with Crippen molar-refractivity contribution in [1.82, 2.24) is 4.98 Å². The van der Waals surface area contributed by atoms with Gasteiger partial charge in [0, 0.05) is 6.04 Å². The lowest BCUT2D eigenvalue weighted by atomic mass is 10.1. The molecular formula is C8H15NOSi2. The fourth-order valence-electron chi connectivity index (χ4n) is 1.07. The Morgan fingerprint density at radius 3 is 2.67 bits per heavy atom. The molecule has 0 saturated carbocycles. The Bertz CT molecular complexity index is 218. The molecule has 2 nitrogen and oxygen atoms in total. The molecular weight excluding hydrogens is 182 g/mol. The summed E-state index contributed by atoms with van der Waals surface area (Å²) in [5.41, 5.74) is 1.34. The van der Waals surface area contributed by atoms with Crippen LogP contribution in [0.5, 0.6) is 0 Å². The molecule has 0 radical (unpaired) electrons. The van der Waals surface area contributed by atoms with E-state index in [1.54, 1.807) is 0 Å². The SMILES string of the molecule is CC(N[SiH2]O[SiH3])c1ccccc1. The topological polar surface area (TPSA) is 21.3 Å². The van der Waals surface area contributed by atoms with Gasteiger partial charge < -0.3 is 9.10 Å². The molecule has 0 spiro atoms. The first-order valence-electron chi connectivity index (χ1n) is 4.12. The molecule has 66 valence electrons. The highest BCUT2D eigenvalue weighted by Crippen LogP contribution is 2.09. The zero-order valence-corrected chi connectivity index (χ0v) is 11.0. The zero-order valence-electron chi connectivity index (χ0n) is 7.58. The highest BCUT2D eigenvalue weighted by Gasteiger charge is 2.01. The van der Waals surface area contributed by atoms with E-state index in [4.69, 9.17) is 4.12 Å². The summed E-state index contributed by atoms with van der Waals surface area (Å²) >= 11 is 0. The number of hydrogen-bond donors (Lipinski definition) is 1. The van der Waals surface area contributed by atoms with Gasteiger partial charge in [-0.25, -0.2) is 0 Å². The quantitative estimate of drug-likeness (QED) is 0.665. The highest BCUT2D eigenvalue weighted by molar-refractivity contribution is 6.31. The maximum atomic E-state index is 5.20. The molecule has 0 aliphatic carbocycles. The van der Waals surface area contributed by atoms with E-state index >= 15 is 0 Å². The summed E-state index contributed by atoms with van der Waals surface area (Å²) in [5.74, 6) is 0. The smallest absolute Gasteiger partial charge is 0.224 e. The average molecular weight is 197 g/mol. The Morgan fingerprint density at radius 2 is 2.08 bits per heavy atom. The number of nitrogens with one attached hydrogen (secondary N) is 1. The lowest BCUT2D eigenvalue weighted by molar-refractivity contribution is 0.604. The molecule has 1 rings (SSSR count). The molecule has 0 bridgehead atoms. The van der Waals surface area contributed by atoms with Crippen LogP contribution >= 0.6 is 0 Å². The predicted octanol–water partition coefficient (Wildman–Crippen LogP) is -0.367. The van der Waals surface area contributed by atoms with Gasteiger partial charge in [-0.1, -0.05) is 30.3 Å². The van der Waals surface area contributed by atoms with Gasteiger partial charge in [0.1, 0.15) is 10.5 Å². The summed E-state index contributed by atoms with van der Waals surface area (Å²) in [4.78, 5) is 3.40. The Kier molecular flexibility index (Phi) is 4.23. The van der Waals surface area contributed by atoms with Crippen molar-refractivity contribution >= 4 is 20.4 Å². The summed E-state index contributed by atoms with van der Waals surface area (Å²) in [7, 11) is 0.398. The van der Waals surface area contributed by atoms with E-state index in [-0.39, 0.29) is 0 Å². The van der Waals surface area contributed by atoms with Crippen LogP contribution < -0.4 is 4.98 Å². The van der Waals surface area contributed by atoms with Crippen molar-refractivity contribution in [3.05, 3.63) is 35.9 Å². The second-order valence-corrected chi connectivity index (χ2v) is 5.78.